The largest absolute Gasteiger partial charge is 0.502 e. The minimum Gasteiger partial charge on any atom is -0.502 e. The molecule has 2 aromatic carbocycles. The Morgan fingerprint density at radius 3 is 2.39 bits per heavy atom. The van der Waals surface area contributed by atoms with Gasteiger partial charge in [-0.3, -0.25) is 25.0 Å². The van der Waals surface area contributed by atoms with Gasteiger partial charge in [0, 0.05) is 11.6 Å². The van der Waals surface area contributed by atoms with E-state index in [0.29, 0.717) is 18.3 Å². The fraction of sp³-hybridized carbons (Fsp3) is 0.0667. The van der Waals surface area contributed by atoms with Crippen molar-refractivity contribution in [3.05, 3.63) is 73.3 Å². The van der Waals surface area contributed by atoms with Gasteiger partial charge in [0.15, 0.2) is 0 Å². The molecular weight excluding hydrogens is 389 g/mol. The average Bonchev–Trinajstić information content (AvgIpc) is 2.61. The van der Waals surface area contributed by atoms with E-state index in [0.717, 1.165) is 24.3 Å². The van der Waals surface area contributed by atoms with E-state index in [-0.39, 0.29) is 5.56 Å². The number of hydrogen-bond donors (Lipinski definition) is 2. The molecular formula is C15H9F3N4O6. The van der Waals surface area contributed by atoms with E-state index in [1.54, 1.807) is 0 Å². The summed E-state index contributed by atoms with van der Waals surface area (Å²) in [5, 5.41) is 34.8. The van der Waals surface area contributed by atoms with Crippen LogP contribution in [0.2, 0.25) is 0 Å². The van der Waals surface area contributed by atoms with Crippen molar-refractivity contribution in [3.63, 3.8) is 0 Å². The van der Waals surface area contributed by atoms with Gasteiger partial charge in [0.2, 0.25) is 5.75 Å². The summed E-state index contributed by atoms with van der Waals surface area (Å²) in [4.78, 5) is 31.5. The Balaban J connectivity index is 2.26. The van der Waals surface area contributed by atoms with Crippen LogP contribution in [0.25, 0.3) is 0 Å². The van der Waals surface area contributed by atoms with E-state index in [1.807, 2.05) is 5.43 Å². The molecule has 0 saturated heterocycles. The number of hydrogen-bond acceptors (Lipinski definition) is 7. The van der Waals surface area contributed by atoms with Crippen molar-refractivity contribution in [2.75, 3.05) is 0 Å². The number of amides is 1. The number of halogens is 3. The summed E-state index contributed by atoms with van der Waals surface area (Å²) in [6.07, 6.45) is -3.98. The summed E-state index contributed by atoms with van der Waals surface area (Å²) in [7, 11) is 0. The monoisotopic (exact) mass is 398 g/mol. The van der Waals surface area contributed by atoms with E-state index in [1.165, 1.54) is 0 Å². The van der Waals surface area contributed by atoms with Crippen LogP contribution < -0.4 is 5.43 Å². The molecule has 10 nitrogen and oxygen atoms in total. The van der Waals surface area contributed by atoms with Crippen LogP contribution in [0.4, 0.5) is 24.5 Å². The molecule has 0 bridgehead atoms. The second kappa shape index (κ2) is 7.69. The maximum absolute atomic E-state index is 12.7. The minimum absolute atomic E-state index is 0.374. The molecule has 13 heteroatoms. The molecule has 0 heterocycles. The van der Waals surface area contributed by atoms with Crippen molar-refractivity contribution in [2.24, 2.45) is 5.10 Å². The molecule has 0 radical (unpaired) electrons. The number of nitrogens with zero attached hydrogens (tertiary/aromatic N) is 3. The van der Waals surface area contributed by atoms with Gasteiger partial charge >= 0.3 is 11.9 Å². The van der Waals surface area contributed by atoms with Gasteiger partial charge < -0.3 is 5.11 Å². The summed E-state index contributed by atoms with van der Waals surface area (Å²) in [5.74, 6) is -1.98. The van der Waals surface area contributed by atoms with E-state index < -0.39 is 50.2 Å². The molecule has 0 fully saturated rings. The second-order valence-electron chi connectivity index (χ2n) is 5.19. The lowest BCUT2D eigenvalue weighted by atomic mass is 10.1. The Hall–Kier alpha value is -4.03. The van der Waals surface area contributed by atoms with E-state index in [9.17, 15) is 43.3 Å². The number of hydrazone groups is 1. The Morgan fingerprint density at radius 1 is 1.14 bits per heavy atom. The first kappa shape index (κ1) is 20.3. The van der Waals surface area contributed by atoms with Gasteiger partial charge in [-0.25, -0.2) is 5.43 Å². The Labute approximate surface area is 153 Å². The molecule has 0 aliphatic heterocycles. The van der Waals surface area contributed by atoms with Gasteiger partial charge in [-0.05, 0) is 18.2 Å². The number of nitrogens with one attached hydrogen (secondary N) is 1. The van der Waals surface area contributed by atoms with Crippen molar-refractivity contribution >= 4 is 23.5 Å². The smallest absolute Gasteiger partial charge is 0.416 e. The highest BCUT2D eigenvalue weighted by Gasteiger charge is 2.31. The van der Waals surface area contributed by atoms with Crippen molar-refractivity contribution in [1.82, 2.24) is 5.43 Å². The zero-order valence-corrected chi connectivity index (χ0v) is 13.5. The number of phenolic OH excluding ortho intramolecular Hbond substituents is 1. The Kier molecular flexibility index (Phi) is 5.57. The van der Waals surface area contributed by atoms with Crippen LogP contribution in [0.1, 0.15) is 21.5 Å². The summed E-state index contributed by atoms with van der Waals surface area (Å²) in [5.41, 5.74) is -1.69. The number of carbonyl (C=O) groups is 1. The predicted octanol–water partition coefficient (Wildman–Crippen LogP) is 2.99. The average molecular weight is 398 g/mol. The molecule has 2 N–H and O–H groups in total. The minimum atomic E-state index is -4.66. The zero-order valence-electron chi connectivity index (χ0n) is 13.5. The van der Waals surface area contributed by atoms with Crippen molar-refractivity contribution in [1.29, 1.82) is 0 Å². The lowest BCUT2D eigenvalue weighted by Crippen LogP contribution is -2.18. The third-order valence-electron chi connectivity index (χ3n) is 3.33. The number of nitro benzene ring substituents is 2. The Morgan fingerprint density at radius 2 is 1.82 bits per heavy atom. The molecule has 0 aliphatic carbocycles. The second-order valence-corrected chi connectivity index (χ2v) is 5.19. The fourth-order valence-corrected chi connectivity index (χ4v) is 2.03. The van der Waals surface area contributed by atoms with Crippen molar-refractivity contribution < 1.29 is 32.9 Å². The lowest BCUT2D eigenvalue weighted by Gasteiger charge is -2.07. The van der Waals surface area contributed by atoms with Gasteiger partial charge in [-0.2, -0.15) is 18.3 Å². The standard InChI is InChI=1S/C15H9F3N4O6/c16-15(17,18)10-3-1-2-8(4-10)14(24)20-19-7-9-5-11(21(25)26)6-12(13(9)23)22(27)28/h1-7,23H,(H,20,24)/b19-7-. The first-order chi connectivity index (χ1) is 13.0. The van der Waals surface area contributed by atoms with E-state index >= 15 is 0 Å². The lowest BCUT2D eigenvalue weighted by molar-refractivity contribution is -0.394. The molecule has 1 amide bonds. The molecule has 28 heavy (non-hydrogen) atoms. The van der Waals surface area contributed by atoms with E-state index in [2.05, 4.69) is 5.10 Å². The summed E-state index contributed by atoms with van der Waals surface area (Å²) in [6, 6.07) is 4.75. The number of nitro groups is 2. The topological polar surface area (TPSA) is 148 Å². The first-order valence-electron chi connectivity index (χ1n) is 7.17. The van der Waals surface area contributed by atoms with Gasteiger partial charge in [0.1, 0.15) is 0 Å². The number of rotatable bonds is 5. The summed E-state index contributed by atoms with van der Waals surface area (Å²) >= 11 is 0. The number of benzene rings is 2. The molecule has 146 valence electrons. The molecule has 0 spiro atoms. The number of alkyl halides is 3. The molecule has 2 rings (SSSR count). The highest BCUT2D eigenvalue weighted by molar-refractivity contribution is 5.95. The highest BCUT2D eigenvalue weighted by Crippen LogP contribution is 2.33. The Bertz CT molecular complexity index is 990. The zero-order chi connectivity index (χ0) is 21.1. The van der Waals surface area contributed by atoms with Crippen LogP contribution in [0.15, 0.2) is 41.5 Å². The molecule has 2 aromatic rings. The summed E-state index contributed by atoms with van der Waals surface area (Å²) in [6.45, 7) is 0. The maximum Gasteiger partial charge on any atom is 0.416 e. The van der Waals surface area contributed by atoms with Gasteiger partial charge in [0.05, 0.1) is 33.3 Å². The van der Waals surface area contributed by atoms with Crippen LogP contribution in [0.3, 0.4) is 0 Å². The molecule has 0 aromatic heterocycles. The normalized spacial score (nSPS) is 11.4. The van der Waals surface area contributed by atoms with Crippen molar-refractivity contribution in [2.45, 2.75) is 6.18 Å². The third-order valence-corrected chi connectivity index (χ3v) is 3.33. The predicted molar refractivity (Wildman–Crippen MR) is 87.9 cm³/mol. The fourth-order valence-electron chi connectivity index (χ4n) is 2.03. The van der Waals surface area contributed by atoms with E-state index in [4.69, 9.17) is 0 Å². The quantitative estimate of drug-likeness (QED) is 0.449. The number of phenols is 1. The highest BCUT2D eigenvalue weighted by atomic mass is 19.4. The number of carbonyl (C=O) groups excluding carboxylic acids is 1. The maximum atomic E-state index is 12.7. The number of aromatic hydroxyl groups is 1. The molecule has 0 aliphatic rings. The molecule has 0 unspecified atom stereocenters. The van der Waals surface area contributed by atoms with Crippen LogP contribution in [-0.4, -0.2) is 27.1 Å². The van der Waals surface area contributed by atoms with Crippen LogP contribution in [0, 0.1) is 20.2 Å². The van der Waals surface area contributed by atoms with Gasteiger partial charge in [0.25, 0.3) is 11.6 Å². The van der Waals surface area contributed by atoms with Crippen LogP contribution in [-0.2, 0) is 6.18 Å². The SMILES string of the molecule is O=C(N/N=C\c1cc([N+](=O)[O-])cc([N+](=O)[O-])c1O)c1cccc(C(F)(F)F)c1. The van der Waals surface area contributed by atoms with Crippen molar-refractivity contribution in [3.8, 4) is 5.75 Å². The van der Waals surface area contributed by atoms with Gasteiger partial charge in [-0.1, -0.05) is 6.07 Å². The van der Waals surface area contributed by atoms with Crippen LogP contribution >= 0.6 is 0 Å². The summed E-state index contributed by atoms with van der Waals surface area (Å²) < 4.78 is 38.0. The third kappa shape index (κ3) is 4.57. The molecule has 0 atom stereocenters. The molecule has 0 saturated carbocycles. The van der Waals surface area contributed by atoms with Crippen LogP contribution in [0.5, 0.6) is 5.75 Å². The van der Waals surface area contributed by atoms with Gasteiger partial charge in [-0.15, -0.1) is 0 Å². The number of non-ortho nitro benzene ring substituents is 1. The first-order valence-corrected chi connectivity index (χ1v) is 7.17.